The number of carbonyl (C=O) groups excluding carboxylic acids is 1. The number of anilines is 1. The van der Waals surface area contributed by atoms with Crippen molar-refractivity contribution in [3.8, 4) is 0 Å². The van der Waals surface area contributed by atoms with Gasteiger partial charge in [-0.3, -0.25) is 4.79 Å². The van der Waals surface area contributed by atoms with Crippen LogP contribution in [0.25, 0.3) is 0 Å². The van der Waals surface area contributed by atoms with Gasteiger partial charge < -0.3 is 9.88 Å². The van der Waals surface area contributed by atoms with Gasteiger partial charge in [-0.15, -0.1) is 10.2 Å². The highest BCUT2D eigenvalue weighted by molar-refractivity contribution is 5.92. The zero-order valence-electron chi connectivity index (χ0n) is 15.8. The number of carbonyl (C=O) groups is 1. The third kappa shape index (κ3) is 3.92. The van der Waals surface area contributed by atoms with E-state index in [0.717, 1.165) is 36.5 Å². The monoisotopic (exact) mass is 360 g/mol. The van der Waals surface area contributed by atoms with Crippen LogP contribution in [0.1, 0.15) is 40.4 Å². The summed E-state index contributed by atoms with van der Waals surface area (Å²) in [5.41, 5.74) is 5.61. The molecular formula is C22H24N4O. The van der Waals surface area contributed by atoms with Crippen LogP contribution in [0.15, 0.2) is 48.8 Å². The lowest BCUT2D eigenvalue weighted by atomic mass is 9.91. The van der Waals surface area contributed by atoms with Crippen LogP contribution < -0.4 is 5.32 Å². The Bertz CT molecular complexity index is 976. The van der Waals surface area contributed by atoms with Crippen LogP contribution in [0.5, 0.6) is 0 Å². The molecule has 5 nitrogen and oxygen atoms in total. The molecule has 0 radical (unpaired) electrons. The second-order valence-corrected chi connectivity index (χ2v) is 7.40. The van der Waals surface area contributed by atoms with Crippen molar-refractivity contribution >= 4 is 11.6 Å². The number of nitrogens with one attached hydrogen (secondary N) is 1. The largest absolute Gasteiger partial charge is 0.326 e. The highest BCUT2D eigenvalue weighted by atomic mass is 16.1. The summed E-state index contributed by atoms with van der Waals surface area (Å²) in [7, 11) is 0. The number of hydrogen-bond donors (Lipinski definition) is 1. The molecule has 0 saturated carbocycles. The van der Waals surface area contributed by atoms with E-state index in [2.05, 4.69) is 58.2 Å². The quantitative estimate of drug-likeness (QED) is 0.770. The molecule has 4 rings (SSSR count). The van der Waals surface area contributed by atoms with Crippen molar-refractivity contribution in [3.63, 3.8) is 0 Å². The maximum absolute atomic E-state index is 12.5. The number of nitrogens with zero attached hydrogens (tertiary/aromatic N) is 3. The molecule has 1 atom stereocenters. The molecule has 1 amide bonds. The smallest absolute Gasteiger partial charge is 0.228 e. The molecule has 0 saturated heterocycles. The molecule has 1 aromatic heterocycles. The number of hydrogen-bond acceptors (Lipinski definition) is 3. The standard InChI is InChI=1S/C22H24N4O/c1-15-6-7-17(10-16(15)2)11-22(27)24-20-5-3-4-18(12-20)19-8-9-21-25-23-14-26(21)13-19/h3-7,10,12,14,19H,8-9,11,13H2,1-2H3,(H,24,27). The van der Waals surface area contributed by atoms with Crippen LogP contribution in [-0.4, -0.2) is 20.7 Å². The Morgan fingerprint density at radius 1 is 1.19 bits per heavy atom. The molecule has 0 fully saturated rings. The van der Waals surface area contributed by atoms with Gasteiger partial charge in [-0.05, 0) is 54.7 Å². The van der Waals surface area contributed by atoms with E-state index in [9.17, 15) is 4.79 Å². The SMILES string of the molecule is Cc1ccc(CC(=O)Nc2cccc(C3CCc4nncn4C3)c2)cc1C. The Morgan fingerprint density at radius 3 is 2.93 bits per heavy atom. The number of benzene rings is 2. The van der Waals surface area contributed by atoms with E-state index in [-0.39, 0.29) is 5.91 Å². The van der Waals surface area contributed by atoms with Crippen LogP contribution in [-0.2, 0) is 24.2 Å². The normalized spacial score (nSPS) is 16.0. The molecule has 27 heavy (non-hydrogen) atoms. The minimum Gasteiger partial charge on any atom is -0.326 e. The van der Waals surface area contributed by atoms with Crippen molar-refractivity contribution < 1.29 is 4.79 Å². The highest BCUT2D eigenvalue weighted by Crippen LogP contribution is 2.29. The van der Waals surface area contributed by atoms with E-state index in [1.54, 1.807) is 6.33 Å². The lowest BCUT2D eigenvalue weighted by Crippen LogP contribution is -2.19. The molecule has 0 bridgehead atoms. The molecule has 3 aromatic rings. The first-order valence-electron chi connectivity index (χ1n) is 9.41. The summed E-state index contributed by atoms with van der Waals surface area (Å²) in [6, 6.07) is 14.4. The maximum Gasteiger partial charge on any atom is 0.228 e. The second-order valence-electron chi connectivity index (χ2n) is 7.40. The summed E-state index contributed by atoms with van der Waals surface area (Å²) in [5, 5.41) is 11.2. The van der Waals surface area contributed by atoms with Crippen LogP contribution in [0.4, 0.5) is 5.69 Å². The predicted molar refractivity (Wildman–Crippen MR) is 106 cm³/mol. The lowest BCUT2D eigenvalue weighted by Gasteiger charge is -2.23. The van der Waals surface area contributed by atoms with E-state index in [1.165, 1.54) is 16.7 Å². The van der Waals surface area contributed by atoms with Crippen molar-refractivity contribution in [1.82, 2.24) is 14.8 Å². The van der Waals surface area contributed by atoms with E-state index in [0.29, 0.717) is 12.3 Å². The van der Waals surface area contributed by atoms with E-state index < -0.39 is 0 Å². The van der Waals surface area contributed by atoms with Crippen LogP contribution in [0.3, 0.4) is 0 Å². The minimum atomic E-state index is 0.0140. The van der Waals surface area contributed by atoms with Crippen LogP contribution in [0, 0.1) is 13.8 Å². The van der Waals surface area contributed by atoms with Gasteiger partial charge in [-0.1, -0.05) is 30.3 Å². The topological polar surface area (TPSA) is 59.8 Å². The average Bonchev–Trinajstić information content (AvgIpc) is 3.12. The Hall–Kier alpha value is -2.95. The van der Waals surface area contributed by atoms with Crippen molar-refractivity contribution in [2.45, 2.75) is 45.6 Å². The second kappa shape index (κ2) is 7.35. The molecule has 5 heteroatoms. The zero-order chi connectivity index (χ0) is 18.8. The van der Waals surface area contributed by atoms with Gasteiger partial charge in [0, 0.05) is 24.6 Å². The first-order valence-corrected chi connectivity index (χ1v) is 9.41. The van der Waals surface area contributed by atoms with Gasteiger partial charge >= 0.3 is 0 Å². The maximum atomic E-state index is 12.5. The average molecular weight is 360 g/mol. The molecule has 2 heterocycles. The molecule has 138 valence electrons. The summed E-state index contributed by atoms with van der Waals surface area (Å²) >= 11 is 0. The Labute approximate surface area is 159 Å². The van der Waals surface area contributed by atoms with E-state index in [4.69, 9.17) is 0 Å². The summed E-state index contributed by atoms with van der Waals surface area (Å²) in [6.45, 7) is 5.05. The first kappa shape index (κ1) is 17.5. The van der Waals surface area contributed by atoms with Gasteiger partial charge in [0.25, 0.3) is 0 Å². The van der Waals surface area contributed by atoms with Crippen LogP contribution >= 0.6 is 0 Å². The Morgan fingerprint density at radius 2 is 2.07 bits per heavy atom. The molecule has 1 aliphatic heterocycles. The first-order chi connectivity index (χ1) is 13.1. The predicted octanol–water partition coefficient (Wildman–Crippen LogP) is 3.81. The van der Waals surface area contributed by atoms with Gasteiger partial charge in [0.2, 0.25) is 5.91 Å². The van der Waals surface area contributed by atoms with Gasteiger partial charge in [0.05, 0.1) is 6.42 Å². The number of aryl methyl sites for hydroxylation is 3. The highest BCUT2D eigenvalue weighted by Gasteiger charge is 2.21. The van der Waals surface area contributed by atoms with E-state index >= 15 is 0 Å². The van der Waals surface area contributed by atoms with Crippen molar-refractivity contribution in [2.75, 3.05) is 5.32 Å². The number of rotatable bonds is 4. The van der Waals surface area contributed by atoms with Gasteiger partial charge in [0.1, 0.15) is 12.2 Å². The molecule has 1 unspecified atom stereocenters. The molecule has 1 N–H and O–H groups in total. The fourth-order valence-electron chi connectivity index (χ4n) is 3.70. The number of fused-ring (bicyclic) bond motifs is 1. The molecular weight excluding hydrogens is 336 g/mol. The molecule has 1 aliphatic rings. The summed E-state index contributed by atoms with van der Waals surface area (Å²) in [4.78, 5) is 12.5. The van der Waals surface area contributed by atoms with Gasteiger partial charge in [0.15, 0.2) is 0 Å². The van der Waals surface area contributed by atoms with Crippen molar-refractivity contribution in [3.05, 3.63) is 76.9 Å². The summed E-state index contributed by atoms with van der Waals surface area (Å²) in [6.07, 6.45) is 4.18. The Balaban J connectivity index is 1.43. The Kier molecular flexibility index (Phi) is 4.75. The van der Waals surface area contributed by atoms with E-state index in [1.807, 2.05) is 18.2 Å². The van der Waals surface area contributed by atoms with Gasteiger partial charge in [-0.2, -0.15) is 0 Å². The minimum absolute atomic E-state index is 0.0140. The summed E-state index contributed by atoms with van der Waals surface area (Å²) in [5.74, 6) is 1.49. The number of aromatic nitrogens is 3. The van der Waals surface area contributed by atoms with Crippen LogP contribution in [0.2, 0.25) is 0 Å². The fourth-order valence-corrected chi connectivity index (χ4v) is 3.70. The fraction of sp³-hybridized carbons (Fsp3) is 0.318. The van der Waals surface area contributed by atoms with Crippen molar-refractivity contribution in [2.24, 2.45) is 0 Å². The zero-order valence-corrected chi connectivity index (χ0v) is 15.8. The third-order valence-electron chi connectivity index (χ3n) is 5.41. The summed E-state index contributed by atoms with van der Waals surface area (Å²) < 4.78 is 2.12. The van der Waals surface area contributed by atoms with Gasteiger partial charge in [-0.25, -0.2) is 0 Å². The van der Waals surface area contributed by atoms with Crippen molar-refractivity contribution in [1.29, 1.82) is 0 Å². The lowest BCUT2D eigenvalue weighted by molar-refractivity contribution is -0.115. The third-order valence-corrected chi connectivity index (χ3v) is 5.41. The number of amides is 1. The molecule has 0 spiro atoms. The molecule has 0 aliphatic carbocycles. The molecule has 2 aromatic carbocycles.